The Morgan fingerprint density at radius 1 is 1.05 bits per heavy atom. The van der Waals surface area contributed by atoms with Crippen molar-refractivity contribution >= 4 is 43.8 Å². The zero-order chi connectivity index (χ0) is 30.1. The molecule has 1 unspecified atom stereocenters. The van der Waals surface area contributed by atoms with Crippen LogP contribution in [0.15, 0.2) is 52.6 Å². The number of aryl methyl sites for hydroxylation is 1. The quantitative estimate of drug-likeness (QED) is 0.256. The normalized spacial score (nSPS) is 12.2. The molecule has 4 rings (SSSR count). The van der Waals surface area contributed by atoms with Crippen molar-refractivity contribution in [2.45, 2.75) is 29.7 Å². The van der Waals surface area contributed by atoms with Gasteiger partial charge in [-0.1, -0.05) is 0 Å². The zero-order valence-electron chi connectivity index (χ0n) is 22.3. The molecular formula is C26H25N3O10S2. The minimum absolute atomic E-state index is 0.0435. The summed E-state index contributed by atoms with van der Waals surface area (Å²) in [5, 5.41) is 18.2. The Labute approximate surface area is 236 Å². The van der Waals surface area contributed by atoms with E-state index in [4.69, 9.17) is 19.3 Å². The molecule has 2 aromatic heterocycles. The van der Waals surface area contributed by atoms with Gasteiger partial charge in [0.2, 0.25) is 5.16 Å². The summed E-state index contributed by atoms with van der Waals surface area (Å²) in [5.74, 6) is -2.56. The van der Waals surface area contributed by atoms with E-state index in [0.29, 0.717) is 22.8 Å². The number of carboxylic acids is 2. The smallest absolute Gasteiger partial charge is 0.341 e. The first-order chi connectivity index (χ1) is 19.4. The molecule has 216 valence electrons. The maximum Gasteiger partial charge on any atom is 0.341 e. The summed E-state index contributed by atoms with van der Waals surface area (Å²) in [5.41, 5.74) is 1.48. The Bertz CT molecular complexity index is 1820. The number of methoxy groups -OCH3 is 2. The van der Waals surface area contributed by atoms with Gasteiger partial charge in [0, 0.05) is 23.4 Å². The molecule has 13 nitrogen and oxygen atoms in total. The Kier molecular flexibility index (Phi) is 8.30. The van der Waals surface area contributed by atoms with Crippen LogP contribution in [0.3, 0.4) is 0 Å². The minimum atomic E-state index is -4.62. The molecule has 2 aromatic carbocycles. The summed E-state index contributed by atoms with van der Waals surface area (Å²) in [4.78, 5) is 31.0. The first kappa shape index (κ1) is 29.5. The number of carbonyl (C=O) groups is 2. The van der Waals surface area contributed by atoms with Gasteiger partial charge < -0.3 is 24.4 Å². The molecule has 0 bridgehead atoms. The summed E-state index contributed by atoms with van der Waals surface area (Å²) in [6, 6.07) is 7.42. The van der Waals surface area contributed by atoms with Crippen LogP contribution in [0.25, 0.3) is 11.0 Å². The van der Waals surface area contributed by atoms with Crippen molar-refractivity contribution in [3.63, 3.8) is 0 Å². The summed E-state index contributed by atoms with van der Waals surface area (Å²) >= 11 is 0. The van der Waals surface area contributed by atoms with Crippen molar-refractivity contribution in [3.05, 3.63) is 65.0 Å². The third kappa shape index (κ3) is 5.71. The van der Waals surface area contributed by atoms with Crippen LogP contribution in [0.2, 0.25) is 0 Å². The molecule has 0 aliphatic rings. The number of nitrogens with zero attached hydrogens (tertiary/aromatic N) is 3. The van der Waals surface area contributed by atoms with Gasteiger partial charge >= 0.3 is 11.9 Å². The predicted octanol–water partition coefficient (Wildman–Crippen LogP) is 2.77. The van der Waals surface area contributed by atoms with E-state index in [2.05, 4.69) is 9.97 Å². The Hall–Kier alpha value is -4.50. The van der Waals surface area contributed by atoms with Crippen molar-refractivity contribution in [1.29, 1.82) is 0 Å². The molecule has 0 radical (unpaired) electrons. The van der Waals surface area contributed by atoms with E-state index < -0.39 is 49.8 Å². The van der Waals surface area contributed by atoms with Crippen molar-refractivity contribution in [3.8, 4) is 17.2 Å². The first-order valence-electron chi connectivity index (χ1n) is 11.8. The van der Waals surface area contributed by atoms with Crippen LogP contribution in [0.5, 0.6) is 17.2 Å². The summed E-state index contributed by atoms with van der Waals surface area (Å²) < 4.78 is 58.3. The Balaban J connectivity index is 1.89. The standard InChI is InChI=1S/C26H25N3O10S2/c1-14-11-27-20(15(2)24(14)38-4)13-40(34)26-28-19-7-5-16(37-3)9-21(19)29(26)41(35,36)17-6-8-22(39-12-23(30)31)18(10-17)25(32)33/h5-11H,12-13H2,1-4H3,(H,30,31)(H,32,33). The van der Waals surface area contributed by atoms with Crippen molar-refractivity contribution in [2.75, 3.05) is 20.8 Å². The summed E-state index contributed by atoms with van der Waals surface area (Å²) in [7, 11) is -3.79. The molecule has 4 aromatic rings. The number of aromatic carboxylic acids is 1. The van der Waals surface area contributed by atoms with Crippen LogP contribution >= 0.6 is 0 Å². The van der Waals surface area contributed by atoms with Crippen LogP contribution in [-0.2, 0) is 31.4 Å². The SMILES string of the molecule is COc1ccc2nc(S(=O)Cc3ncc(C)c(OC)c3C)n(S(=O)(=O)c3ccc(OCC(=O)O)c(C(=O)O)c3)c2c1. The lowest BCUT2D eigenvalue weighted by atomic mass is 10.1. The lowest BCUT2D eigenvalue weighted by Gasteiger charge is -2.14. The highest BCUT2D eigenvalue weighted by Crippen LogP contribution is 2.32. The number of aromatic nitrogens is 3. The van der Waals surface area contributed by atoms with Crippen LogP contribution < -0.4 is 14.2 Å². The number of pyridine rings is 1. The van der Waals surface area contributed by atoms with Gasteiger partial charge in [-0.15, -0.1) is 0 Å². The van der Waals surface area contributed by atoms with Gasteiger partial charge in [0.1, 0.15) is 22.8 Å². The van der Waals surface area contributed by atoms with Crippen molar-refractivity contribution in [1.82, 2.24) is 13.9 Å². The van der Waals surface area contributed by atoms with E-state index in [1.165, 1.54) is 26.4 Å². The molecule has 2 N–H and O–H groups in total. The van der Waals surface area contributed by atoms with E-state index in [0.717, 1.165) is 27.7 Å². The van der Waals surface area contributed by atoms with E-state index in [9.17, 15) is 27.3 Å². The molecule has 0 amide bonds. The van der Waals surface area contributed by atoms with E-state index in [1.807, 2.05) is 6.92 Å². The molecule has 1 atom stereocenters. The number of hydrogen-bond acceptors (Lipinski definition) is 10. The average molecular weight is 604 g/mol. The van der Waals surface area contributed by atoms with E-state index in [-0.39, 0.29) is 27.7 Å². The van der Waals surface area contributed by atoms with E-state index >= 15 is 0 Å². The topological polar surface area (TPSA) is 184 Å². The summed E-state index contributed by atoms with van der Waals surface area (Å²) in [6.07, 6.45) is 1.56. The van der Waals surface area contributed by atoms with Crippen LogP contribution in [0, 0.1) is 13.8 Å². The molecular weight excluding hydrogens is 578 g/mol. The highest BCUT2D eigenvalue weighted by Gasteiger charge is 2.30. The zero-order valence-corrected chi connectivity index (χ0v) is 23.9. The van der Waals surface area contributed by atoms with Gasteiger partial charge in [-0.2, -0.15) is 0 Å². The number of fused-ring (bicyclic) bond motifs is 1. The van der Waals surface area contributed by atoms with Crippen molar-refractivity contribution < 1.29 is 46.6 Å². The van der Waals surface area contributed by atoms with Gasteiger partial charge in [-0.25, -0.2) is 27.0 Å². The largest absolute Gasteiger partial charge is 0.497 e. The molecule has 0 aliphatic heterocycles. The molecule has 2 heterocycles. The molecule has 0 spiro atoms. The second-order valence-corrected chi connectivity index (χ2v) is 11.8. The predicted molar refractivity (Wildman–Crippen MR) is 146 cm³/mol. The number of benzene rings is 2. The number of hydrogen-bond donors (Lipinski definition) is 2. The van der Waals surface area contributed by atoms with Gasteiger partial charge in [0.15, 0.2) is 6.61 Å². The van der Waals surface area contributed by atoms with Gasteiger partial charge in [0.05, 0.1) is 52.4 Å². The van der Waals surface area contributed by atoms with Crippen molar-refractivity contribution in [2.24, 2.45) is 0 Å². The molecule has 15 heteroatoms. The third-order valence-corrected chi connectivity index (χ3v) is 9.12. The third-order valence-electron chi connectivity index (χ3n) is 6.08. The molecule has 41 heavy (non-hydrogen) atoms. The lowest BCUT2D eigenvalue weighted by Crippen LogP contribution is -2.19. The van der Waals surface area contributed by atoms with E-state index in [1.54, 1.807) is 19.2 Å². The second kappa shape index (κ2) is 11.5. The Morgan fingerprint density at radius 3 is 2.41 bits per heavy atom. The monoisotopic (exact) mass is 603 g/mol. The second-order valence-electron chi connectivity index (χ2n) is 8.70. The lowest BCUT2D eigenvalue weighted by molar-refractivity contribution is -0.139. The molecule has 0 saturated carbocycles. The van der Waals surface area contributed by atoms with Crippen LogP contribution in [0.1, 0.15) is 27.2 Å². The minimum Gasteiger partial charge on any atom is -0.497 e. The number of carboxylic acid groups (broad SMARTS) is 2. The summed E-state index contributed by atoms with van der Waals surface area (Å²) in [6.45, 7) is 2.72. The maximum atomic E-state index is 14.0. The van der Waals surface area contributed by atoms with Gasteiger partial charge in [0.25, 0.3) is 10.0 Å². The number of rotatable bonds is 11. The number of ether oxygens (including phenoxy) is 3. The van der Waals surface area contributed by atoms with Gasteiger partial charge in [-0.05, 0) is 44.2 Å². The highest BCUT2D eigenvalue weighted by atomic mass is 32.2. The van der Waals surface area contributed by atoms with Gasteiger partial charge in [-0.3, -0.25) is 9.19 Å². The van der Waals surface area contributed by atoms with Crippen LogP contribution in [0.4, 0.5) is 0 Å². The Morgan fingerprint density at radius 2 is 1.78 bits per heavy atom. The first-order valence-corrected chi connectivity index (χ1v) is 14.6. The molecule has 0 fully saturated rings. The maximum absolute atomic E-state index is 14.0. The molecule has 0 aliphatic carbocycles. The number of aliphatic carboxylic acids is 1. The average Bonchev–Trinajstić information content (AvgIpc) is 3.33. The fourth-order valence-electron chi connectivity index (χ4n) is 4.13. The highest BCUT2D eigenvalue weighted by molar-refractivity contribution is 7.91. The number of imidazole rings is 1. The fraction of sp³-hybridized carbons (Fsp3) is 0.231. The fourth-order valence-corrected chi connectivity index (χ4v) is 7.19. The van der Waals surface area contributed by atoms with Crippen LogP contribution in [-0.4, -0.2) is 69.5 Å². The molecule has 0 saturated heterocycles.